The van der Waals surface area contributed by atoms with Gasteiger partial charge in [0, 0.05) is 13.1 Å². The van der Waals surface area contributed by atoms with Crippen molar-refractivity contribution < 1.29 is 18.0 Å². The van der Waals surface area contributed by atoms with Crippen molar-refractivity contribution in [3.05, 3.63) is 63.8 Å². The van der Waals surface area contributed by atoms with Crippen LogP contribution in [0, 0.1) is 0 Å². The maximum Gasteiger partial charge on any atom is 0.417 e. The summed E-state index contributed by atoms with van der Waals surface area (Å²) >= 11 is 6.65. The number of carbonyl (C=O) groups excluding carboxylic acids is 1. The standard InChI is InChI=1S/C19H12ClF3N4OS/c1-27-14-5-3-2-4-13(14)25-16(27)9-15-17(28)26-18(29-15)24-10-6-7-12(20)11(8-10)19(21,22)23/h2-9H,1H3,(H,24,26,28)/b15-9+. The highest BCUT2D eigenvalue weighted by atomic mass is 35.5. The average molecular weight is 437 g/mol. The number of para-hydroxylation sites is 2. The van der Waals surface area contributed by atoms with Gasteiger partial charge in [0.1, 0.15) is 5.82 Å². The van der Waals surface area contributed by atoms with Gasteiger partial charge in [-0.3, -0.25) is 4.79 Å². The zero-order valence-electron chi connectivity index (χ0n) is 14.8. The van der Waals surface area contributed by atoms with Crippen molar-refractivity contribution in [2.45, 2.75) is 6.18 Å². The first-order valence-electron chi connectivity index (χ1n) is 8.30. The Bertz CT molecular complexity index is 1200. The minimum atomic E-state index is -4.59. The lowest BCUT2D eigenvalue weighted by Crippen LogP contribution is -2.19. The number of benzene rings is 2. The third kappa shape index (κ3) is 3.88. The lowest BCUT2D eigenvalue weighted by atomic mass is 10.2. The monoisotopic (exact) mass is 436 g/mol. The second-order valence-corrected chi connectivity index (χ2v) is 7.60. The molecule has 1 amide bonds. The topological polar surface area (TPSA) is 59.3 Å². The van der Waals surface area contributed by atoms with Gasteiger partial charge >= 0.3 is 6.18 Å². The van der Waals surface area contributed by atoms with E-state index >= 15 is 0 Å². The van der Waals surface area contributed by atoms with Gasteiger partial charge in [-0.05, 0) is 42.1 Å². The van der Waals surface area contributed by atoms with E-state index in [1.807, 2.05) is 35.9 Å². The SMILES string of the molecule is Cn1c(/C=C2/SC(=Nc3ccc(Cl)c(C(F)(F)F)c3)NC2=O)nc2ccccc21. The summed E-state index contributed by atoms with van der Waals surface area (Å²) in [4.78, 5) is 21.2. The van der Waals surface area contributed by atoms with Gasteiger partial charge in [0.25, 0.3) is 5.91 Å². The Kier molecular flexibility index (Phi) is 4.87. The molecule has 1 aliphatic rings. The number of halogens is 4. The molecule has 0 saturated carbocycles. The zero-order chi connectivity index (χ0) is 20.8. The Morgan fingerprint density at radius 3 is 2.72 bits per heavy atom. The highest BCUT2D eigenvalue weighted by Gasteiger charge is 2.33. The number of rotatable bonds is 2. The van der Waals surface area contributed by atoms with E-state index in [1.165, 1.54) is 6.07 Å². The molecule has 0 radical (unpaired) electrons. The molecule has 4 rings (SSSR count). The van der Waals surface area contributed by atoms with Gasteiger partial charge in [0.2, 0.25) is 0 Å². The van der Waals surface area contributed by atoms with E-state index < -0.39 is 22.7 Å². The Morgan fingerprint density at radius 2 is 2.00 bits per heavy atom. The van der Waals surface area contributed by atoms with Crippen LogP contribution < -0.4 is 5.32 Å². The number of imidazole rings is 1. The second kappa shape index (κ2) is 7.23. The van der Waals surface area contributed by atoms with Crippen LogP contribution in [0.3, 0.4) is 0 Å². The normalized spacial score (nSPS) is 17.5. The minimum absolute atomic E-state index is 0.0357. The Morgan fingerprint density at radius 1 is 1.24 bits per heavy atom. The molecule has 0 aliphatic carbocycles. The third-order valence-corrected chi connectivity index (χ3v) is 5.46. The smallest absolute Gasteiger partial charge is 0.328 e. The predicted octanol–water partition coefficient (Wildman–Crippen LogP) is 5.14. The first-order chi connectivity index (χ1) is 13.7. The molecular weight excluding hydrogens is 425 g/mol. The van der Waals surface area contributed by atoms with Gasteiger partial charge in [0.15, 0.2) is 5.17 Å². The summed E-state index contributed by atoms with van der Waals surface area (Å²) in [5, 5.41) is 2.32. The number of fused-ring (bicyclic) bond motifs is 1. The number of amidine groups is 1. The molecule has 1 aromatic heterocycles. The number of nitrogens with one attached hydrogen (secondary N) is 1. The Balaban J connectivity index is 1.64. The summed E-state index contributed by atoms with van der Waals surface area (Å²) in [5.74, 6) is 0.182. The number of amides is 1. The number of carbonyl (C=O) groups is 1. The fourth-order valence-corrected chi connectivity index (χ4v) is 3.84. The van der Waals surface area contributed by atoms with Gasteiger partial charge < -0.3 is 9.88 Å². The number of alkyl halides is 3. The molecule has 1 fully saturated rings. The molecule has 29 heavy (non-hydrogen) atoms. The molecule has 3 aromatic rings. The van der Waals surface area contributed by atoms with E-state index in [2.05, 4.69) is 15.3 Å². The number of hydrogen-bond donors (Lipinski definition) is 1. The molecule has 0 bridgehead atoms. The number of hydrogen-bond acceptors (Lipinski definition) is 4. The molecule has 5 nitrogen and oxygen atoms in total. The molecule has 148 valence electrons. The predicted molar refractivity (Wildman–Crippen MR) is 108 cm³/mol. The Hall–Kier alpha value is -2.78. The van der Waals surface area contributed by atoms with E-state index in [-0.39, 0.29) is 10.9 Å². The van der Waals surface area contributed by atoms with E-state index in [1.54, 1.807) is 6.08 Å². The summed E-state index contributed by atoms with van der Waals surface area (Å²) in [6, 6.07) is 10.9. The molecular formula is C19H12ClF3N4OS. The van der Waals surface area contributed by atoms with Gasteiger partial charge in [0.05, 0.1) is 32.2 Å². The van der Waals surface area contributed by atoms with Crippen molar-refractivity contribution >= 4 is 57.2 Å². The van der Waals surface area contributed by atoms with Crippen LogP contribution >= 0.6 is 23.4 Å². The molecule has 1 N–H and O–H groups in total. The third-order valence-electron chi connectivity index (χ3n) is 4.22. The fraction of sp³-hybridized carbons (Fsp3) is 0.105. The maximum atomic E-state index is 13.0. The molecule has 0 unspecified atom stereocenters. The van der Waals surface area contributed by atoms with Crippen LogP contribution in [0.15, 0.2) is 52.4 Å². The molecule has 10 heteroatoms. The van der Waals surface area contributed by atoms with Crippen LogP contribution in [0.1, 0.15) is 11.4 Å². The van der Waals surface area contributed by atoms with Crippen molar-refractivity contribution in [1.82, 2.24) is 14.9 Å². The van der Waals surface area contributed by atoms with Crippen LogP contribution in [0.2, 0.25) is 5.02 Å². The van der Waals surface area contributed by atoms with Crippen LogP contribution in [-0.2, 0) is 18.0 Å². The van der Waals surface area contributed by atoms with Crippen LogP contribution in [-0.4, -0.2) is 20.6 Å². The molecule has 0 spiro atoms. The number of aryl methyl sites for hydroxylation is 1. The first kappa shape index (κ1) is 19.5. The maximum absolute atomic E-state index is 13.0. The lowest BCUT2D eigenvalue weighted by molar-refractivity contribution is -0.137. The first-order valence-corrected chi connectivity index (χ1v) is 9.49. The molecule has 2 aromatic carbocycles. The number of aromatic nitrogens is 2. The van der Waals surface area contributed by atoms with Crippen LogP contribution in [0.4, 0.5) is 18.9 Å². The van der Waals surface area contributed by atoms with E-state index in [0.29, 0.717) is 10.7 Å². The highest BCUT2D eigenvalue weighted by molar-refractivity contribution is 8.18. The molecule has 1 saturated heterocycles. The van der Waals surface area contributed by atoms with E-state index in [4.69, 9.17) is 11.6 Å². The summed E-state index contributed by atoms with van der Waals surface area (Å²) in [6.07, 6.45) is -2.98. The van der Waals surface area contributed by atoms with Crippen molar-refractivity contribution in [3.63, 3.8) is 0 Å². The molecule has 2 heterocycles. The fourth-order valence-electron chi connectivity index (χ4n) is 2.81. The summed E-state index contributed by atoms with van der Waals surface area (Å²) in [5.41, 5.74) is 0.761. The van der Waals surface area contributed by atoms with Gasteiger partial charge in [-0.15, -0.1) is 0 Å². The van der Waals surface area contributed by atoms with Gasteiger partial charge in [-0.25, -0.2) is 9.98 Å². The summed E-state index contributed by atoms with van der Waals surface area (Å²) in [6.45, 7) is 0. The number of thioether (sulfide) groups is 1. The van der Waals surface area contributed by atoms with Gasteiger partial charge in [-0.1, -0.05) is 23.7 Å². The van der Waals surface area contributed by atoms with Gasteiger partial charge in [-0.2, -0.15) is 13.2 Å². The Labute approximate surface area is 172 Å². The van der Waals surface area contributed by atoms with Crippen molar-refractivity contribution in [1.29, 1.82) is 0 Å². The van der Waals surface area contributed by atoms with Crippen molar-refractivity contribution in [2.24, 2.45) is 12.0 Å². The average Bonchev–Trinajstić information content (AvgIpc) is 3.16. The largest absolute Gasteiger partial charge is 0.417 e. The lowest BCUT2D eigenvalue weighted by Gasteiger charge is -2.09. The van der Waals surface area contributed by atoms with E-state index in [9.17, 15) is 18.0 Å². The molecule has 1 aliphatic heterocycles. The van der Waals surface area contributed by atoms with Crippen molar-refractivity contribution in [3.8, 4) is 0 Å². The number of nitrogens with zero attached hydrogens (tertiary/aromatic N) is 3. The minimum Gasteiger partial charge on any atom is -0.328 e. The van der Waals surface area contributed by atoms with Crippen LogP contribution in [0.25, 0.3) is 17.1 Å². The van der Waals surface area contributed by atoms with Crippen molar-refractivity contribution in [2.75, 3.05) is 0 Å². The second-order valence-electron chi connectivity index (χ2n) is 6.16. The van der Waals surface area contributed by atoms with Crippen LogP contribution in [0.5, 0.6) is 0 Å². The number of aliphatic imine (C=N–C) groups is 1. The zero-order valence-corrected chi connectivity index (χ0v) is 16.4. The summed E-state index contributed by atoms with van der Waals surface area (Å²) in [7, 11) is 1.83. The quantitative estimate of drug-likeness (QED) is 0.566. The summed E-state index contributed by atoms with van der Waals surface area (Å²) < 4.78 is 40.9. The highest BCUT2D eigenvalue weighted by Crippen LogP contribution is 2.37. The van der Waals surface area contributed by atoms with E-state index in [0.717, 1.165) is 34.9 Å². The molecule has 0 atom stereocenters.